The number of aromatic nitrogens is 2. The molecule has 4 atom stereocenters. The van der Waals surface area contributed by atoms with Gasteiger partial charge in [0.25, 0.3) is 0 Å². The van der Waals surface area contributed by atoms with Gasteiger partial charge < -0.3 is 47.7 Å². The van der Waals surface area contributed by atoms with Crippen molar-refractivity contribution in [2.45, 2.75) is 62.7 Å². The first-order valence-corrected chi connectivity index (χ1v) is 12.6. The van der Waals surface area contributed by atoms with E-state index in [4.69, 9.17) is 11.5 Å². The summed E-state index contributed by atoms with van der Waals surface area (Å²) in [5, 5.41) is 35.4. The number of benzene rings is 1. The summed E-state index contributed by atoms with van der Waals surface area (Å²) < 4.78 is 0. The number of nitrogens with two attached hydrogens (primary N) is 2. The van der Waals surface area contributed by atoms with Crippen LogP contribution in [0.15, 0.2) is 36.8 Å². The maximum Gasteiger partial charge on any atom is 0.326 e. The van der Waals surface area contributed by atoms with Gasteiger partial charge in [-0.3, -0.25) is 19.2 Å². The van der Waals surface area contributed by atoms with E-state index >= 15 is 0 Å². The Kier molecular flexibility index (Phi) is 12.5. The summed E-state index contributed by atoms with van der Waals surface area (Å²) in [6.45, 7) is 0.434. The first-order chi connectivity index (χ1) is 19.0. The molecule has 218 valence electrons. The van der Waals surface area contributed by atoms with Gasteiger partial charge in [0.1, 0.15) is 23.9 Å². The number of carboxylic acid groups (broad SMARTS) is 2. The second-order valence-electron chi connectivity index (χ2n) is 9.16. The fourth-order valence-electron chi connectivity index (χ4n) is 3.74. The van der Waals surface area contributed by atoms with Gasteiger partial charge in [0.2, 0.25) is 17.7 Å². The summed E-state index contributed by atoms with van der Waals surface area (Å²) in [5.41, 5.74) is 12.3. The molecule has 0 spiro atoms. The van der Waals surface area contributed by atoms with Crippen molar-refractivity contribution in [3.63, 3.8) is 0 Å². The maximum absolute atomic E-state index is 13.2. The van der Waals surface area contributed by atoms with Crippen LogP contribution >= 0.6 is 0 Å². The molecule has 4 unspecified atom stereocenters. The lowest BCUT2D eigenvalue weighted by molar-refractivity contribution is -0.143. The van der Waals surface area contributed by atoms with Crippen molar-refractivity contribution >= 4 is 29.7 Å². The Morgan fingerprint density at radius 1 is 0.875 bits per heavy atom. The zero-order valence-corrected chi connectivity index (χ0v) is 21.7. The average molecular weight is 562 g/mol. The number of carboxylic acids is 2. The molecule has 2 rings (SSSR count). The highest BCUT2D eigenvalue weighted by molar-refractivity contribution is 5.95. The van der Waals surface area contributed by atoms with Crippen molar-refractivity contribution in [2.24, 2.45) is 11.5 Å². The number of aliphatic carboxylic acids is 2. The first-order valence-electron chi connectivity index (χ1n) is 12.6. The standard InChI is InChI=1S/C25H35N7O8/c26-8-2-1-3-17(27)22(36)30-18(10-15-12-28-13-29-15)23(37)31-19(11-21(34)35)24(38)32-20(25(39)40)9-14-4-6-16(33)7-5-14/h4-7,12-13,17-20,33H,1-3,8-11,26-27H2,(H,28,29)(H,30,36)(H,31,37)(H,32,38)(H,34,35)(H,39,40). The van der Waals surface area contributed by atoms with Gasteiger partial charge in [-0.25, -0.2) is 9.78 Å². The van der Waals surface area contributed by atoms with E-state index in [1.54, 1.807) is 0 Å². The molecular weight excluding hydrogens is 526 g/mol. The highest BCUT2D eigenvalue weighted by Gasteiger charge is 2.32. The Bertz CT molecular complexity index is 1140. The van der Waals surface area contributed by atoms with Crippen LogP contribution < -0.4 is 27.4 Å². The Hall–Kier alpha value is -4.50. The van der Waals surface area contributed by atoms with Crippen molar-refractivity contribution < 1.29 is 39.3 Å². The number of hydrogen-bond acceptors (Lipinski definition) is 9. The smallest absolute Gasteiger partial charge is 0.326 e. The van der Waals surface area contributed by atoms with Gasteiger partial charge in [0.05, 0.1) is 18.8 Å². The first kappa shape index (κ1) is 31.7. The number of aromatic hydroxyl groups is 1. The van der Waals surface area contributed by atoms with E-state index in [0.29, 0.717) is 37.1 Å². The molecule has 1 aromatic heterocycles. The van der Waals surface area contributed by atoms with Crippen molar-refractivity contribution in [1.82, 2.24) is 25.9 Å². The molecular formula is C25H35N7O8. The Balaban J connectivity index is 2.17. The fraction of sp³-hybridized carbons (Fsp3) is 0.440. The molecule has 0 aliphatic carbocycles. The van der Waals surface area contributed by atoms with Crippen LogP contribution in [0.25, 0.3) is 0 Å². The lowest BCUT2D eigenvalue weighted by Crippen LogP contribution is -2.58. The number of amides is 3. The van der Waals surface area contributed by atoms with E-state index in [-0.39, 0.29) is 18.6 Å². The van der Waals surface area contributed by atoms with Crippen LogP contribution in [0.3, 0.4) is 0 Å². The summed E-state index contributed by atoms with van der Waals surface area (Å²) in [5.74, 6) is -5.42. The Morgan fingerprint density at radius 3 is 2.08 bits per heavy atom. The van der Waals surface area contributed by atoms with E-state index in [1.807, 2.05) is 0 Å². The number of H-pyrrole nitrogens is 1. The number of rotatable bonds is 17. The van der Waals surface area contributed by atoms with E-state index in [1.165, 1.54) is 36.8 Å². The minimum Gasteiger partial charge on any atom is -0.508 e. The largest absolute Gasteiger partial charge is 0.508 e. The second kappa shape index (κ2) is 15.8. The van der Waals surface area contributed by atoms with Gasteiger partial charge in [-0.2, -0.15) is 0 Å². The third kappa shape index (κ3) is 10.7. The quantitative estimate of drug-likeness (QED) is 0.0990. The molecule has 0 aliphatic heterocycles. The van der Waals surface area contributed by atoms with E-state index in [2.05, 4.69) is 25.9 Å². The van der Waals surface area contributed by atoms with Gasteiger partial charge in [0, 0.05) is 24.7 Å². The second-order valence-corrected chi connectivity index (χ2v) is 9.16. The van der Waals surface area contributed by atoms with Crippen molar-refractivity contribution in [2.75, 3.05) is 6.54 Å². The normalized spacial score (nSPS) is 13.8. The fourth-order valence-corrected chi connectivity index (χ4v) is 3.74. The van der Waals surface area contributed by atoms with Crippen molar-refractivity contribution in [3.05, 3.63) is 48.0 Å². The molecule has 1 heterocycles. The van der Waals surface area contributed by atoms with Crippen LogP contribution in [0, 0.1) is 0 Å². The number of carbonyl (C=O) groups is 5. The number of hydrogen-bond donors (Lipinski definition) is 9. The predicted octanol–water partition coefficient (Wildman–Crippen LogP) is -1.63. The van der Waals surface area contributed by atoms with Crippen LogP contribution in [0.5, 0.6) is 5.75 Å². The highest BCUT2D eigenvalue weighted by Crippen LogP contribution is 2.12. The number of aromatic amines is 1. The Morgan fingerprint density at radius 2 is 1.50 bits per heavy atom. The Labute approximate surface area is 229 Å². The van der Waals surface area contributed by atoms with Crippen molar-refractivity contribution in [3.8, 4) is 5.75 Å². The lowest BCUT2D eigenvalue weighted by atomic mass is 10.0. The topological polar surface area (TPSA) is 263 Å². The summed E-state index contributed by atoms with van der Waals surface area (Å²) in [6.07, 6.45) is 3.27. The van der Waals surface area contributed by atoms with Crippen molar-refractivity contribution in [1.29, 1.82) is 0 Å². The third-order valence-corrected chi connectivity index (χ3v) is 5.92. The summed E-state index contributed by atoms with van der Waals surface area (Å²) in [6, 6.07) is 0.323. The van der Waals surface area contributed by atoms with Crippen LogP contribution in [-0.4, -0.2) is 85.7 Å². The van der Waals surface area contributed by atoms with E-state index in [9.17, 15) is 39.3 Å². The van der Waals surface area contributed by atoms with E-state index < -0.39 is 60.2 Å². The summed E-state index contributed by atoms with van der Waals surface area (Å²) in [4.78, 5) is 68.8. The number of nitrogens with one attached hydrogen (secondary N) is 4. The molecule has 11 N–H and O–H groups in total. The minimum atomic E-state index is -1.66. The minimum absolute atomic E-state index is 0.0304. The van der Waals surface area contributed by atoms with Crippen LogP contribution in [0.2, 0.25) is 0 Å². The zero-order chi connectivity index (χ0) is 29.7. The van der Waals surface area contributed by atoms with Crippen LogP contribution in [0.1, 0.15) is 36.9 Å². The number of phenolic OH excluding ortho intramolecular Hbond substituents is 1. The summed E-state index contributed by atoms with van der Waals surface area (Å²) in [7, 11) is 0. The third-order valence-electron chi connectivity index (χ3n) is 5.92. The molecule has 0 fully saturated rings. The van der Waals surface area contributed by atoms with Gasteiger partial charge in [-0.1, -0.05) is 18.6 Å². The zero-order valence-electron chi connectivity index (χ0n) is 21.7. The number of nitrogens with zero attached hydrogens (tertiary/aromatic N) is 1. The molecule has 2 aromatic rings. The monoisotopic (exact) mass is 561 g/mol. The predicted molar refractivity (Wildman–Crippen MR) is 141 cm³/mol. The molecule has 0 saturated carbocycles. The number of unbranched alkanes of at least 4 members (excludes halogenated alkanes) is 1. The highest BCUT2D eigenvalue weighted by atomic mass is 16.4. The average Bonchev–Trinajstić information content (AvgIpc) is 3.41. The molecule has 15 heteroatoms. The van der Waals surface area contributed by atoms with E-state index in [0.717, 1.165) is 0 Å². The van der Waals surface area contributed by atoms with Gasteiger partial charge >= 0.3 is 11.9 Å². The van der Waals surface area contributed by atoms with Crippen LogP contribution in [-0.2, 0) is 36.8 Å². The van der Waals surface area contributed by atoms with Crippen LogP contribution in [0.4, 0.5) is 0 Å². The molecule has 40 heavy (non-hydrogen) atoms. The van der Waals surface area contributed by atoms with Gasteiger partial charge in [-0.05, 0) is 37.1 Å². The SMILES string of the molecule is NCCCCC(N)C(=O)NC(Cc1cnc[nH]1)C(=O)NC(CC(=O)O)C(=O)NC(Cc1ccc(O)cc1)C(=O)O. The number of phenols is 1. The molecule has 0 bridgehead atoms. The molecule has 15 nitrogen and oxygen atoms in total. The molecule has 3 amide bonds. The lowest BCUT2D eigenvalue weighted by Gasteiger charge is -2.24. The maximum atomic E-state index is 13.2. The summed E-state index contributed by atoms with van der Waals surface area (Å²) >= 11 is 0. The molecule has 0 saturated heterocycles. The van der Waals surface area contributed by atoms with Gasteiger partial charge in [0.15, 0.2) is 0 Å². The van der Waals surface area contributed by atoms with Gasteiger partial charge in [-0.15, -0.1) is 0 Å². The molecule has 0 radical (unpaired) electrons. The number of imidazole rings is 1. The molecule has 0 aliphatic rings. The number of carbonyl (C=O) groups excluding carboxylic acids is 3. The molecule has 1 aromatic carbocycles.